The first-order chi connectivity index (χ1) is 17.6. The Morgan fingerprint density at radius 3 is 2.19 bits per heavy atom. The van der Waals surface area contributed by atoms with Gasteiger partial charge in [0.15, 0.2) is 5.78 Å². The van der Waals surface area contributed by atoms with Crippen molar-refractivity contribution in [3.63, 3.8) is 0 Å². The van der Waals surface area contributed by atoms with E-state index in [0.717, 1.165) is 6.92 Å². The smallest absolute Gasteiger partial charge is 0.331 e. The number of nitrogens with zero attached hydrogens (tertiary/aromatic N) is 3. The minimum absolute atomic E-state index is 0.0110. The Bertz CT molecular complexity index is 1370. The monoisotopic (exact) mass is 544 g/mol. The van der Waals surface area contributed by atoms with Gasteiger partial charge >= 0.3 is 11.9 Å². The van der Waals surface area contributed by atoms with E-state index in [2.05, 4.69) is 16.4 Å². The number of hydrogen-bond acceptors (Lipinski definition) is 8. The van der Waals surface area contributed by atoms with Crippen LogP contribution >= 0.6 is 23.2 Å². The first-order valence-corrected chi connectivity index (χ1v) is 12.3. The second-order valence-corrected chi connectivity index (χ2v) is 9.01. The molecule has 2 aromatic carbocycles. The Morgan fingerprint density at radius 2 is 1.68 bits per heavy atom. The molecule has 0 saturated heterocycles. The quantitative estimate of drug-likeness (QED) is 0.275. The summed E-state index contributed by atoms with van der Waals surface area (Å²) in [6.45, 7) is 4.30. The Balaban J connectivity index is 2.04. The molecule has 11 heteroatoms. The summed E-state index contributed by atoms with van der Waals surface area (Å²) in [7, 11) is 1.73. The van der Waals surface area contributed by atoms with E-state index in [1.54, 1.807) is 55.8 Å². The van der Waals surface area contributed by atoms with E-state index in [9.17, 15) is 19.6 Å². The van der Waals surface area contributed by atoms with Crippen molar-refractivity contribution in [2.45, 2.75) is 33.6 Å². The Hall–Kier alpha value is -3.61. The fourth-order valence-electron chi connectivity index (χ4n) is 4.10. The van der Waals surface area contributed by atoms with Crippen molar-refractivity contribution >= 4 is 63.6 Å². The lowest BCUT2D eigenvalue weighted by Crippen LogP contribution is -2.48. The number of nitriles is 1. The molecule has 0 atom stereocenters. The van der Waals surface area contributed by atoms with Crippen LogP contribution in [-0.2, 0) is 37.3 Å². The first kappa shape index (κ1) is 28.0. The Morgan fingerprint density at radius 1 is 1.08 bits per heavy atom. The minimum Gasteiger partial charge on any atom is -0.465 e. The number of hydrogen-bond donors (Lipinski definition) is 1. The number of para-hydroxylation sites is 1. The lowest BCUT2D eigenvalue weighted by atomic mass is 9.78. The zero-order valence-corrected chi connectivity index (χ0v) is 22.4. The summed E-state index contributed by atoms with van der Waals surface area (Å²) < 4.78 is 11.8. The molecule has 194 valence electrons. The first-order valence-electron chi connectivity index (χ1n) is 11.6. The summed E-state index contributed by atoms with van der Waals surface area (Å²) in [6, 6.07) is 10.7. The van der Waals surface area contributed by atoms with Crippen molar-refractivity contribution in [1.29, 1.82) is 5.26 Å². The minimum atomic E-state index is -2.13. The van der Waals surface area contributed by atoms with Crippen molar-refractivity contribution in [2.24, 2.45) is 12.5 Å². The number of Topliss-reactive ketones (excluding diaryl/α,β-unsaturated/α-hetero) is 1. The molecule has 1 aromatic heterocycles. The van der Waals surface area contributed by atoms with Gasteiger partial charge in [-0.05, 0) is 57.4 Å². The number of carbonyl (C=O) groups excluding carboxylic acids is 3. The summed E-state index contributed by atoms with van der Waals surface area (Å²) in [6.07, 6.45) is -0.168. The number of fused-ring (bicyclic) bond motifs is 1. The van der Waals surface area contributed by atoms with Gasteiger partial charge in [0, 0.05) is 7.05 Å². The fraction of sp³-hybridized carbons (Fsp3) is 0.346. The molecule has 0 aliphatic carbocycles. The topological polar surface area (TPSA) is 123 Å². The van der Waals surface area contributed by atoms with Crippen molar-refractivity contribution in [3.8, 4) is 6.07 Å². The lowest BCUT2D eigenvalue weighted by molar-refractivity contribution is -0.174. The standard InChI is InChI=1S/C26H26Cl2N4O5/c1-5-36-23(34)26(15(3)33,24(35)37-6-2)13-12-16-10-11-20-22(17(16)14-29)32(4)25(30-20)31-21-18(27)8-7-9-19(21)28/h7-11H,5-6,12-13H2,1-4H3,(H,30,31). The summed E-state index contributed by atoms with van der Waals surface area (Å²) in [5.74, 6) is -2.23. The maximum atomic E-state index is 12.8. The number of nitrogens with one attached hydrogen (secondary N) is 1. The normalized spacial score (nSPS) is 11.2. The van der Waals surface area contributed by atoms with E-state index in [0.29, 0.717) is 38.3 Å². The zero-order valence-electron chi connectivity index (χ0n) is 20.9. The molecule has 1 heterocycles. The van der Waals surface area contributed by atoms with Crippen LogP contribution in [0.4, 0.5) is 11.6 Å². The molecule has 0 radical (unpaired) electrons. The van der Waals surface area contributed by atoms with Gasteiger partial charge in [0.25, 0.3) is 0 Å². The van der Waals surface area contributed by atoms with E-state index in [-0.39, 0.29) is 31.6 Å². The predicted octanol–water partition coefficient (Wildman–Crippen LogP) is 5.13. The average molecular weight is 545 g/mol. The molecule has 9 nitrogen and oxygen atoms in total. The van der Waals surface area contributed by atoms with Gasteiger partial charge in [-0.1, -0.05) is 35.3 Å². The third-order valence-corrected chi connectivity index (χ3v) is 6.68. The van der Waals surface area contributed by atoms with Crippen molar-refractivity contribution in [1.82, 2.24) is 9.55 Å². The van der Waals surface area contributed by atoms with Crippen LogP contribution in [0.25, 0.3) is 11.0 Å². The number of halogens is 2. The molecule has 0 aliphatic heterocycles. The third-order valence-electron chi connectivity index (χ3n) is 6.05. The molecule has 0 bridgehead atoms. The van der Waals surface area contributed by atoms with E-state index >= 15 is 0 Å². The van der Waals surface area contributed by atoms with E-state index in [4.69, 9.17) is 32.7 Å². The van der Waals surface area contributed by atoms with E-state index in [1.807, 2.05) is 0 Å². The summed E-state index contributed by atoms with van der Waals surface area (Å²) in [5, 5.41) is 14.0. The number of ether oxygens (including phenoxy) is 2. The average Bonchev–Trinajstić information content (AvgIpc) is 3.17. The van der Waals surface area contributed by atoms with Crippen LogP contribution in [0.5, 0.6) is 0 Å². The van der Waals surface area contributed by atoms with Gasteiger partial charge in [-0.15, -0.1) is 0 Å². The van der Waals surface area contributed by atoms with Gasteiger partial charge in [-0.25, -0.2) is 4.98 Å². The van der Waals surface area contributed by atoms with Gasteiger partial charge in [-0.3, -0.25) is 14.4 Å². The van der Waals surface area contributed by atoms with E-state index in [1.165, 1.54) is 0 Å². The highest BCUT2D eigenvalue weighted by Gasteiger charge is 2.53. The van der Waals surface area contributed by atoms with Gasteiger partial charge in [0.2, 0.25) is 11.4 Å². The summed E-state index contributed by atoms with van der Waals surface area (Å²) in [4.78, 5) is 42.9. The zero-order chi connectivity index (χ0) is 27.3. The highest BCUT2D eigenvalue weighted by atomic mass is 35.5. The van der Waals surface area contributed by atoms with Gasteiger partial charge in [0.05, 0.1) is 45.5 Å². The molecule has 0 unspecified atom stereocenters. The largest absolute Gasteiger partial charge is 0.465 e. The molecule has 0 spiro atoms. The molecule has 0 saturated carbocycles. The molecule has 1 N–H and O–H groups in total. The molecule has 0 fully saturated rings. The number of carbonyl (C=O) groups is 3. The van der Waals surface area contributed by atoms with Crippen LogP contribution in [0.2, 0.25) is 10.0 Å². The molecular weight excluding hydrogens is 519 g/mol. The van der Waals surface area contributed by atoms with Crippen LogP contribution in [0.15, 0.2) is 30.3 Å². The highest BCUT2D eigenvalue weighted by molar-refractivity contribution is 6.39. The molecule has 3 rings (SSSR count). The second kappa shape index (κ2) is 11.6. The highest BCUT2D eigenvalue weighted by Crippen LogP contribution is 2.35. The van der Waals surface area contributed by atoms with Crippen LogP contribution < -0.4 is 5.32 Å². The number of imidazole rings is 1. The SMILES string of the molecule is CCOC(=O)C(CCc1ccc2nc(Nc3c(Cl)cccc3Cl)n(C)c2c1C#N)(C(C)=O)C(=O)OCC. The number of aromatic nitrogens is 2. The summed E-state index contributed by atoms with van der Waals surface area (Å²) >= 11 is 12.6. The predicted molar refractivity (Wildman–Crippen MR) is 140 cm³/mol. The number of rotatable bonds is 10. The number of benzene rings is 2. The van der Waals surface area contributed by atoms with Crippen LogP contribution in [0, 0.1) is 16.7 Å². The Kier molecular flexibility index (Phi) is 8.79. The number of anilines is 2. The summed E-state index contributed by atoms with van der Waals surface area (Å²) in [5.41, 5.74) is 0.204. The van der Waals surface area contributed by atoms with Gasteiger partial charge in [-0.2, -0.15) is 5.26 Å². The van der Waals surface area contributed by atoms with E-state index < -0.39 is 23.1 Å². The molecule has 3 aromatic rings. The third kappa shape index (κ3) is 5.26. The molecule has 37 heavy (non-hydrogen) atoms. The van der Waals surface area contributed by atoms with Crippen LogP contribution in [0.1, 0.15) is 38.3 Å². The fourth-order valence-corrected chi connectivity index (χ4v) is 4.59. The van der Waals surface area contributed by atoms with Crippen molar-refractivity contribution in [3.05, 3.63) is 51.5 Å². The van der Waals surface area contributed by atoms with Gasteiger partial charge in [0.1, 0.15) is 6.07 Å². The maximum Gasteiger partial charge on any atom is 0.331 e. The van der Waals surface area contributed by atoms with Gasteiger partial charge < -0.3 is 19.4 Å². The van der Waals surface area contributed by atoms with Crippen LogP contribution in [0.3, 0.4) is 0 Å². The Labute approximate surface area is 224 Å². The number of aryl methyl sites for hydroxylation is 2. The van der Waals surface area contributed by atoms with Crippen molar-refractivity contribution in [2.75, 3.05) is 18.5 Å². The molecular formula is C26H26Cl2N4O5. The second-order valence-electron chi connectivity index (χ2n) is 8.20. The number of ketones is 1. The van der Waals surface area contributed by atoms with Crippen LogP contribution in [-0.4, -0.2) is 40.5 Å². The number of esters is 2. The lowest BCUT2D eigenvalue weighted by Gasteiger charge is -2.26. The molecule has 0 amide bonds. The van der Waals surface area contributed by atoms with Crippen molar-refractivity contribution < 1.29 is 23.9 Å². The molecule has 0 aliphatic rings. The maximum absolute atomic E-state index is 12.8.